The predicted octanol–water partition coefficient (Wildman–Crippen LogP) is 5.20. The SMILES string of the molecule is N#CC1=C(N)OC2=C(C(=O)C[C@@H](c3ccccc3)C2)[C@@H]1c1cccc(Cl)c1Cl. The molecule has 4 rings (SSSR count). The highest BCUT2D eigenvalue weighted by Gasteiger charge is 2.41. The summed E-state index contributed by atoms with van der Waals surface area (Å²) < 4.78 is 5.76. The van der Waals surface area contributed by atoms with Crippen molar-refractivity contribution in [1.29, 1.82) is 5.26 Å². The molecule has 0 saturated heterocycles. The van der Waals surface area contributed by atoms with Gasteiger partial charge in [-0.15, -0.1) is 0 Å². The van der Waals surface area contributed by atoms with Gasteiger partial charge in [-0.2, -0.15) is 5.26 Å². The van der Waals surface area contributed by atoms with Gasteiger partial charge in [0.25, 0.3) is 0 Å². The van der Waals surface area contributed by atoms with Gasteiger partial charge in [0, 0.05) is 18.4 Å². The Balaban J connectivity index is 1.84. The van der Waals surface area contributed by atoms with Gasteiger partial charge >= 0.3 is 0 Å². The molecule has 2 aliphatic rings. The topological polar surface area (TPSA) is 76.1 Å². The van der Waals surface area contributed by atoms with E-state index in [2.05, 4.69) is 6.07 Å². The van der Waals surface area contributed by atoms with Crippen LogP contribution in [0.5, 0.6) is 0 Å². The molecule has 1 aliphatic carbocycles. The highest BCUT2D eigenvalue weighted by Crippen LogP contribution is 2.48. The Kier molecular flexibility index (Phi) is 4.89. The fourth-order valence-corrected chi connectivity index (χ4v) is 4.34. The first-order valence-corrected chi connectivity index (χ1v) is 9.59. The number of Topliss-reactive ketones (excluding diaryl/α,β-unsaturated/α-hetero) is 1. The van der Waals surface area contributed by atoms with E-state index in [1.54, 1.807) is 18.2 Å². The second-order valence-electron chi connectivity index (χ2n) is 6.84. The fourth-order valence-electron chi connectivity index (χ4n) is 3.92. The second-order valence-corrected chi connectivity index (χ2v) is 7.63. The van der Waals surface area contributed by atoms with Gasteiger partial charge in [0.15, 0.2) is 5.78 Å². The average Bonchev–Trinajstić information content (AvgIpc) is 2.69. The van der Waals surface area contributed by atoms with Crippen molar-refractivity contribution in [2.45, 2.75) is 24.7 Å². The molecule has 2 atom stereocenters. The Morgan fingerprint density at radius 3 is 2.54 bits per heavy atom. The van der Waals surface area contributed by atoms with Gasteiger partial charge in [-0.3, -0.25) is 4.79 Å². The Labute approximate surface area is 172 Å². The number of hydrogen-bond donors (Lipinski definition) is 1. The number of carbonyl (C=O) groups excluding carboxylic acids is 1. The number of carbonyl (C=O) groups is 1. The summed E-state index contributed by atoms with van der Waals surface area (Å²) in [7, 11) is 0. The normalized spacial score (nSPS) is 21.8. The van der Waals surface area contributed by atoms with Gasteiger partial charge in [-0.25, -0.2) is 0 Å². The summed E-state index contributed by atoms with van der Waals surface area (Å²) in [5.41, 5.74) is 8.32. The van der Waals surface area contributed by atoms with E-state index in [0.29, 0.717) is 39.8 Å². The Bertz CT molecular complexity index is 1070. The molecular formula is C22H16Cl2N2O2. The van der Waals surface area contributed by atoms with Gasteiger partial charge in [0.2, 0.25) is 5.88 Å². The number of nitrogens with two attached hydrogens (primary N) is 1. The molecule has 0 radical (unpaired) electrons. The van der Waals surface area contributed by atoms with Crippen LogP contribution in [0.3, 0.4) is 0 Å². The minimum Gasteiger partial charge on any atom is -0.444 e. The monoisotopic (exact) mass is 410 g/mol. The van der Waals surface area contributed by atoms with Gasteiger partial charge in [-0.1, -0.05) is 65.7 Å². The molecule has 28 heavy (non-hydrogen) atoms. The van der Waals surface area contributed by atoms with Crippen LogP contribution >= 0.6 is 23.2 Å². The van der Waals surface area contributed by atoms with Crippen LogP contribution < -0.4 is 5.73 Å². The number of ketones is 1. The summed E-state index contributed by atoms with van der Waals surface area (Å²) in [5, 5.41) is 10.3. The lowest BCUT2D eigenvalue weighted by Crippen LogP contribution is -2.30. The molecule has 0 fully saturated rings. The van der Waals surface area contributed by atoms with Gasteiger partial charge in [0.05, 0.1) is 16.0 Å². The first-order chi connectivity index (χ1) is 13.5. The van der Waals surface area contributed by atoms with E-state index in [1.807, 2.05) is 30.3 Å². The molecule has 2 N–H and O–H groups in total. The van der Waals surface area contributed by atoms with E-state index in [0.717, 1.165) is 5.56 Å². The molecule has 140 valence electrons. The minimum atomic E-state index is -0.677. The molecule has 2 aromatic rings. The number of nitriles is 1. The largest absolute Gasteiger partial charge is 0.444 e. The van der Waals surface area contributed by atoms with Crippen molar-refractivity contribution in [3.05, 3.63) is 92.5 Å². The van der Waals surface area contributed by atoms with Crippen LogP contribution in [-0.2, 0) is 9.53 Å². The molecule has 0 bridgehead atoms. The molecule has 0 saturated carbocycles. The molecule has 0 aromatic heterocycles. The van der Waals surface area contributed by atoms with E-state index in [1.165, 1.54) is 0 Å². The third-order valence-corrected chi connectivity index (χ3v) is 6.06. The van der Waals surface area contributed by atoms with Gasteiger partial charge in [0.1, 0.15) is 17.4 Å². The van der Waals surface area contributed by atoms with E-state index in [4.69, 9.17) is 33.7 Å². The standard InChI is InChI=1S/C22H16Cl2N2O2/c23-16-8-4-7-14(21(16)24)19-15(11-25)22(26)28-18-10-13(9-17(27)20(18)19)12-5-2-1-3-6-12/h1-8,13,19H,9-10,26H2/t13-,19-/m1/s1. The van der Waals surface area contributed by atoms with E-state index >= 15 is 0 Å². The van der Waals surface area contributed by atoms with Crippen molar-refractivity contribution in [3.8, 4) is 6.07 Å². The number of ether oxygens (including phenoxy) is 1. The molecule has 0 unspecified atom stereocenters. The lowest BCUT2D eigenvalue weighted by Gasteiger charge is -2.34. The molecule has 4 nitrogen and oxygen atoms in total. The lowest BCUT2D eigenvalue weighted by molar-refractivity contribution is -0.117. The zero-order valence-electron chi connectivity index (χ0n) is 14.8. The third kappa shape index (κ3) is 3.07. The smallest absolute Gasteiger partial charge is 0.205 e. The molecule has 0 spiro atoms. The van der Waals surface area contributed by atoms with Crippen LogP contribution in [0.2, 0.25) is 10.0 Å². The zero-order chi connectivity index (χ0) is 19.8. The molecular weight excluding hydrogens is 395 g/mol. The maximum absolute atomic E-state index is 13.2. The number of hydrogen-bond acceptors (Lipinski definition) is 4. The highest BCUT2D eigenvalue weighted by atomic mass is 35.5. The number of nitrogens with zero attached hydrogens (tertiary/aromatic N) is 1. The second kappa shape index (κ2) is 7.35. The first kappa shape index (κ1) is 18.6. The van der Waals surface area contributed by atoms with Crippen LogP contribution in [0.1, 0.15) is 35.8 Å². The third-order valence-electron chi connectivity index (χ3n) is 5.22. The van der Waals surface area contributed by atoms with Gasteiger partial charge < -0.3 is 10.5 Å². The van der Waals surface area contributed by atoms with Gasteiger partial charge in [-0.05, 0) is 23.1 Å². The Hall–Kier alpha value is -2.74. The number of benzene rings is 2. The summed E-state index contributed by atoms with van der Waals surface area (Å²) in [5.74, 6) is -0.244. The molecule has 6 heteroatoms. The predicted molar refractivity (Wildman–Crippen MR) is 108 cm³/mol. The lowest BCUT2D eigenvalue weighted by atomic mass is 9.73. The quantitative estimate of drug-likeness (QED) is 0.737. The van der Waals surface area contributed by atoms with Crippen molar-refractivity contribution < 1.29 is 9.53 Å². The van der Waals surface area contributed by atoms with Crippen LogP contribution in [0.4, 0.5) is 0 Å². The summed E-state index contributed by atoms with van der Waals surface area (Å²) >= 11 is 12.6. The maximum atomic E-state index is 13.2. The Morgan fingerprint density at radius 2 is 1.82 bits per heavy atom. The number of rotatable bonds is 2. The summed E-state index contributed by atoms with van der Waals surface area (Å²) in [6, 6.07) is 17.1. The van der Waals surface area contributed by atoms with Crippen LogP contribution in [-0.4, -0.2) is 5.78 Å². The summed E-state index contributed by atoms with van der Waals surface area (Å²) in [6.07, 6.45) is 0.860. The van der Waals surface area contributed by atoms with E-state index < -0.39 is 5.92 Å². The first-order valence-electron chi connectivity index (χ1n) is 8.84. The average molecular weight is 411 g/mol. The van der Waals surface area contributed by atoms with Crippen molar-refractivity contribution in [2.75, 3.05) is 0 Å². The van der Waals surface area contributed by atoms with Crippen LogP contribution in [0.15, 0.2) is 71.3 Å². The summed E-state index contributed by atoms with van der Waals surface area (Å²) in [6.45, 7) is 0. The van der Waals surface area contributed by atoms with Crippen molar-refractivity contribution >= 4 is 29.0 Å². The minimum absolute atomic E-state index is 0.000584. The zero-order valence-corrected chi connectivity index (χ0v) is 16.3. The van der Waals surface area contributed by atoms with Crippen LogP contribution in [0, 0.1) is 11.3 Å². The van der Waals surface area contributed by atoms with Crippen molar-refractivity contribution in [3.63, 3.8) is 0 Å². The molecule has 1 aliphatic heterocycles. The van der Waals surface area contributed by atoms with Crippen molar-refractivity contribution in [1.82, 2.24) is 0 Å². The number of halogens is 2. The fraction of sp³-hybridized carbons (Fsp3) is 0.182. The van der Waals surface area contributed by atoms with E-state index in [9.17, 15) is 10.1 Å². The maximum Gasteiger partial charge on any atom is 0.205 e. The highest BCUT2D eigenvalue weighted by molar-refractivity contribution is 6.42. The van der Waals surface area contributed by atoms with E-state index in [-0.39, 0.29) is 23.2 Å². The molecule has 1 heterocycles. The summed E-state index contributed by atoms with van der Waals surface area (Å²) in [4.78, 5) is 13.2. The van der Waals surface area contributed by atoms with Crippen molar-refractivity contribution in [2.24, 2.45) is 5.73 Å². The number of allylic oxidation sites excluding steroid dienone is 3. The Morgan fingerprint density at radius 1 is 1.07 bits per heavy atom. The van der Waals surface area contributed by atoms with Crippen LogP contribution in [0.25, 0.3) is 0 Å². The molecule has 0 amide bonds. The molecule has 2 aromatic carbocycles.